The third-order valence-corrected chi connectivity index (χ3v) is 8.70. The Morgan fingerprint density at radius 3 is 2.71 bits per heavy atom. The van der Waals surface area contributed by atoms with E-state index in [4.69, 9.17) is 14.7 Å². The van der Waals surface area contributed by atoms with Crippen molar-refractivity contribution in [1.29, 1.82) is 5.26 Å². The second-order valence-corrected chi connectivity index (χ2v) is 10.7. The highest BCUT2D eigenvalue weighted by Gasteiger charge is 2.22. The van der Waals surface area contributed by atoms with Crippen molar-refractivity contribution in [2.45, 2.75) is 25.7 Å². The molecular formula is C26H23N5O2S2. The van der Waals surface area contributed by atoms with Gasteiger partial charge in [-0.2, -0.15) is 5.26 Å². The van der Waals surface area contributed by atoms with Crippen molar-refractivity contribution in [3.8, 4) is 17.3 Å². The minimum Gasteiger partial charge on any atom is -0.378 e. The molecule has 2 aliphatic rings. The van der Waals surface area contributed by atoms with Crippen LogP contribution in [-0.2, 0) is 17.6 Å². The van der Waals surface area contributed by atoms with Crippen LogP contribution in [0.3, 0.4) is 0 Å². The predicted molar refractivity (Wildman–Crippen MR) is 141 cm³/mol. The second-order valence-electron chi connectivity index (χ2n) is 8.65. The van der Waals surface area contributed by atoms with Gasteiger partial charge in [0.05, 0.1) is 34.7 Å². The summed E-state index contributed by atoms with van der Waals surface area (Å²) in [6, 6.07) is 12.2. The number of rotatable bonds is 4. The first kappa shape index (κ1) is 22.2. The van der Waals surface area contributed by atoms with E-state index in [9.17, 15) is 10.1 Å². The second kappa shape index (κ2) is 9.38. The van der Waals surface area contributed by atoms with Gasteiger partial charge in [-0.15, -0.1) is 11.3 Å². The molecule has 7 nitrogen and oxygen atoms in total. The summed E-state index contributed by atoms with van der Waals surface area (Å²) < 4.78 is 5.50. The van der Waals surface area contributed by atoms with Crippen LogP contribution in [0.2, 0.25) is 0 Å². The van der Waals surface area contributed by atoms with E-state index in [1.165, 1.54) is 4.88 Å². The van der Waals surface area contributed by atoms with Gasteiger partial charge in [-0.05, 0) is 37.3 Å². The van der Waals surface area contributed by atoms with Crippen molar-refractivity contribution < 1.29 is 4.74 Å². The largest absolute Gasteiger partial charge is 0.378 e. The number of allylic oxidation sites excluding steroid dienone is 1. The number of aryl methyl sites for hydroxylation is 2. The first-order valence-electron chi connectivity index (χ1n) is 11.8. The third kappa shape index (κ3) is 4.18. The molecule has 1 aliphatic carbocycles. The monoisotopic (exact) mass is 501 g/mol. The van der Waals surface area contributed by atoms with E-state index in [0.29, 0.717) is 30.0 Å². The standard InChI is InChI=1S/C26H23N5O2S2/c27-15-17(23-29-24(32)21-18-8-4-5-9-19(18)34-25(21)30-23)14-20-22(16-6-2-1-3-7-16)28-26(35-20)31-10-12-33-13-11-31/h1-3,6-7,14H,4-5,8-13H2,(H,29,30,32)/b17-14-. The Balaban J connectivity index is 1.46. The summed E-state index contributed by atoms with van der Waals surface area (Å²) in [5.74, 6) is 0.309. The van der Waals surface area contributed by atoms with Crippen LogP contribution in [0.25, 0.3) is 33.1 Å². The van der Waals surface area contributed by atoms with Crippen LogP contribution < -0.4 is 10.5 Å². The number of aromatic nitrogens is 3. The molecule has 4 aromatic rings. The number of aromatic amines is 1. The average Bonchev–Trinajstić information content (AvgIpc) is 3.50. The van der Waals surface area contributed by atoms with Crippen LogP contribution in [0.1, 0.15) is 34.0 Å². The highest BCUT2D eigenvalue weighted by Crippen LogP contribution is 2.37. The summed E-state index contributed by atoms with van der Waals surface area (Å²) in [6.45, 7) is 2.91. The van der Waals surface area contributed by atoms with Gasteiger partial charge < -0.3 is 14.6 Å². The number of hydrogen-bond donors (Lipinski definition) is 1. The van der Waals surface area contributed by atoms with Crippen LogP contribution in [-0.4, -0.2) is 41.3 Å². The van der Waals surface area contributed by atoms with Crippen LogP contribution in [0.5, 0.6) is 0 Å². The Morgan fingerprint density at radius 2 is 1.91 bits per heavy atom. The zero-order valence-corrected chi connectivity index (χ0v) is 20.7. The van der Waals surface area contributed by atoms with Crippen LogP contribution >= 0.6 is 22.7 Å². The van der Waals surface area contributed by atoms with Crippen molar-refractivity contribution in [3.63, 3.8) is 0 Å². The highest BCUT2D eigenvalue weighted by atomic mass is 32.1. The van der Waals surface area contributed by atoms with Crippen molar-refractivity contribution in [2.24, 2.45) is 0 Å². The van der Waals surface area contributed by atoms with E-state index in [1.807, 2.05) is 36.4 Å². The topological polar surface area (TPSA) is 94.9 Å². The van der Waals surface area contributed by atoms with Crippen LogP contribution in [0.15, 0.2) is 35.1 Å². The normalized spacial score (nSPS) is 16.3. The van der Waals surface area contributed by atoms with Gasteiger partial charge in [-0.3, -0.25) is 4.79 Å². The summed E-state index contributed by atoms with van der Waals surface area (Å²) in [7, 11) is 0. The fourth-order valence-corrected chi connectivity index (χ4v) is 7.03. The molecule has 1 aromatic carbocycles. The SMILES string of the molecule is N#C/C(=C/c1sc(N2CCOCC2)nc1-c1ccccc1)c1nc2sc3c(c2c(=O)[nH]1)CCCC3. The number of nitriles is 1. The molecule has 1 aliphatic heterocycles. The summed E-state index contributed by atoms with van der Waals surface area (Å²) in [5, 5.41) is 11.7. The number of ether oxygens (including phenoxy) is 1. The van der Waals surface area contributed by atoms with Gasteiger partial charge >= 0.3 is 0 Å². The molecule has 0 bridgehead atoms. The molecule has 6 rings (SSSR count). The Bertz CT molecular complexity index is 1520. The number of benzene rings is 1. The number of anilines is 1. The molecule has 0 spiro atoms. The van der Waals surface area contributed by atoms with E-state index >= 15 is 0 Å². The zero-order chi connectivity index (χ0) is 23.8. The molecule has 0 amide bonds. The number of nitrogens with one attached hydrogen (secondary N) is 1. The maximum absolute atomic E-state index is 13.1. The summed E-state index contributed by atoms with van der Waals surface area (Å²) in [6.07, 6.45) is 5.97. The number of thiophene rings is 1. The Morgan fingerprint density at radius 1 is 1.11 bits per heavy atom. The lowest BCUT2D eigenvalue weighted by Crippen LogP contribution is -2.36. The Labute approximate surface area is 210 Å². The van der Waals surface area contributed by atoms with Gasteiger partial charge in [0.1, 0.15) is 10.9 Å². The van der Waals surface area contributed by atoms with Gasteiger partial charge in [0.2, 0.25) is 0 Å². The predicted octanol–water partition coefficient (Wildman–Crippen LogP) is 4.89. The first-order valence-corrected chi connectivity index (χ1v) is 13.4. The number of nitrogens with zero attached hydrogens (tertiary/aromatic N) is 4. The minimum absolute atomic E-state index is 0.160. The molecule has 4 heterocycles. The summed E-state index contributed by atoms with van der Waals surface area (Å²) in [4.78, 5) is 30.7. The van der Waals surface area contributed by atoms with Gasteiger partial charge in [-0.25, -0.2) is 9.97 Å². The fraction of sp³-hybridized carbons (Fsp3) is 0.308. The maximum Gasteiger partial charge on any atom is 0.260 e. The molecule has 176 valence electrons. The third-order valence-electron chi connectivity index (χ3n) is 6.45. The fourth-order valence-electron chi connectivity index (χ4n) is 4.69. The molecule has 35 heavy (non-hydrogen) atoms. The van der Waals surface area contributed by atoms with Crippen LogP contribution in [0.4, 0.5) is 5.13 Å². The van der Waals surface area contributed by atoms with Crippen LogP contribution in [0, 0.1) is 11.3 Å². The smallest absolute Gasteiger partial charge is 0.260 e. The van der Waals surface area contributed by atoms with Crippen molar-refractivity contribution in [3.05, 3.63) is 61.8 Å². The lowest BCUT2D eigenvalue weighted by atomic mass is 9.97. The Hall–Kier alpha value is -3.32. The van der Waals surface area contributed by atoms with E-state index in [1.54, 1.807) is 22.7 Å². The van der Waals surface area contributed by atoms with Gasteiger partial charge in [-0.1, -0.05) is 41.7 Å². The number of hydrogen-bond acceptors (Lipinski definition) is 8. The summed E-state index contributed by atoms with van der Waals surface area (Å²) in [5.41, 5.74) is 3.11. The van der Waals surface area contributed by atoms with E-state index in [2.05, 4.69) is 16.0 Å². The van der Waals surface area contributed by atoms with Crippen molar-refractivity contribution >= 4 is 49.7 Å². The van der Waals surface area contributed by atoms with E-state index in [-0.39, 0.29) is 5.56 Å². The average molecular weight is 502 g/mol. The maximum atomic E-state index is 13.1. The zero-order valence-electron chi connectivity index (χ0n) is 19.0. The minimum atomic E-state index is -0.160. The van der Waals surface area contributed by atoms with Gasteiger partial charge in [0.15, 0.2) is 11.0 Å². The van der Waals surface area contributed by atoms with Crippen molar-refractivity contribution in [2.75, 3.05) is 31.2 Å². The lowest BCUT2D eigenvalue weighted by Gasteiger charge is -2.26. The lowest BCUT2D eigenvalue weighted by molar-refractivity contribution is 0.122. The molecular weight excluding hydrogens is 478 g/mol. The number of H-pyrrole nitrogens is 1. The van der Waals surface area contributed by atoms with Crippen molar-refractivity contribution in [1.82, 2.24) is 15.0 Å². The first-order chi connectivity index (χ1) is 17.2. The van der Waals surface area contributed by atoms with E-state index in [0.717, 1.165) is 70.4 Å². The molecule has 1 saturated heterocycles. The number of thiazole rings is 1. The van der Waals surface area contributed by atoms with Gasteiger partial charge in [0.25, 0.3) is 5.56 Å². The highest BCUT2D eigenvalue weighted by molar-refractivity contribution is 7.18. The molecule has 0 atom stereocenters. The molecule has 1 N–H and O–H groups in total. The molecule has 0 radical (unpaired) electrons. The Kier molecular flexibility index (Phi) is 5.94. The number of morpholine rings is 1. The quantitative estimate of drug-likeness (QED) is 0.400. The molecule has 0 saturated carbocycles. The summed E-state index contributed by atoms with van der Waals surface area (Å²) >= 11 is 3.13. The van der Waals surface area contributed by atoms with E-state index < -0.39 is 0 Å². The molecule has 3 aromatic heterocycles. The molecule has 9 heteroatoms. The molecule has 0 unspecified atom stereocenters. The van der Waals surface area contributed by atoms with Gasteiger partial charge in [0, 0.05) is 23.5 Å². The number of fused-ring (bicyclic) bond motifs is 3. The molecule has 1 fully saturated rings.